The van der Waals surface area contributed by atoms with Crippen molar-refractivity contribution in [1.29, 1.82) is 0 Å². The van der Waals surface area contributed by atoms with Crippen LogP contribution in [0.3, 0.4) is 0 Å². The Labute approximate surface area is 538 Å². The van der Waals surface area contributed by atoms with E-state index in [1.54, 1.807) is 22.3 Å². The SMILES string of the molecule is c1ccc(-c2nc(-c3ccc(-c4cccc(-c5nc(-c6ccccc6)nc(-c6cccc(-c7cccc8c7C7(c9ccccc9-8)C8CC9CC(C8)CC7C9)c6)n5)c4)cc3)nc(-c3cccc(-c4cccc5c4-c4ccccc4C54C5CC6CC(C5)CC4C6)c3)n2)cc1. The summed E-state index contributed by atoms with van der Waals surface area (Å²) >= 11 is 0. The molecule has 0 radical (unpaired) electrons. The Morgan fingerprint density at radius 1 is 0.217 bits per heavy atom. The summed E-state index contributed by atoms with van der Waals surface area (Å²) in [5, 5.41) is 0. The van der Waals surface area contributed by atoms with Crippen LogP contribution in [0.5, 0.6) is 0 Å². The number of hydrogen-bond donors (Lipinski definition) is 0. The molecule has 10 aliphatic carbocycles. The molecule has 2 aromatic heterocycles. The minimum absolute atomic E-state index is 0.0457. The monoisotopic (exact) mass is 1180 g/mol. The van der Waals surface area contributed by atoms with Gasteiger partial charge in [-0.05, 0) is 208 Å². The summed E-state index contributed by atoms with van der Waals surface area (Å²) in [6.07, 6.45) is 13.7. The molecule has 6 nitrogen and oxygen atoms in total. The van der Waals surface area contributed by atoms with Gasteiger partial charge in [0.05, 0.1) is 0 Å². The highest BCUT2D eigenvalue weighted by Crippen LogP contribution is 2.72. The minimum atomic E-state index is 0.0457. The first-order chi connectivity index (χ1) is 45.5. The van der Waals surface area contributed by atoms with E-state index in [1.807, 2.05) is 12.1 Å². The lowest BCUT2D eigenvalue weighted by Crippen LogP contribution is -2.55. The molecule has 8 bridgehead atoms. The largest absolute Gasteiger partial charge is 0.208 e. The lowest BCUT2D eigenvalue weighted by Gasteiger charge is -2.61. The van der Waals surface area contributed by atoms with Crippen LogP contribution in [0.4, 0.5) is 0 Å². The molecule has 2 heterocycles. The number of hydrogen-bond acceptors (Lipinski definition) is 6. The third-order valence-electron chi connectivity index (χ3n) is 23.9. The molecule has 0 N–H and O–H groups in total. The second kappa shape index (κ2) is 20.4. The minimum Gasteiger partial charge on any atom is -0.208 e. The van der Waals surface area contributed by atoms with Gasteiger partial charge in [0, 0.05) is 44.2 Å². The van der Waals surface area contributed by atoms with Gasteiger partial charge < -0.3 is 0 Å². The highest BCUT2D eigenvalue weighted by atomic mass is 15.0. The van der Waals surface area contributed by atoms with Gasteiger partial charge in [0.2, 0.25) is 0 Å². The van der Waals surface area contributed by atoms with E-state index in [2.05, 4.69) is 231 Å². The molecular weight excluding hydrogens is 1120 g/mol. The van der Waals surface area contributed by atoms with Crippen molar-refractivity contribution in [1.82, 2.24) is 29.9 Å². The number of rotatable bonds is 9. The zero-order valence-corrected chi connectivity index (χ0v) is 51.5. The van der Waals surface area contributed by atoms with Crippen LogP contribution in [0.1, 0.15) is 86.5 Å². The predicted octanol–water partition coefficient (Wildman–Crippen LogP) is 20.5. The van der Waals surface area contributed by atoms with Gasteiger partial charge in [0.15, 0.2) is 34.9 Å². The Bertz CT molecular complexity index is 4910. The van der Waals surface area contributed by atoms with E-state index in [9.17, 15) is 0 Å². The summed E-state index contributed by atoms with van der Waals surface area (Å²) in [6, 6.07) is 89.0. The molecule has 22 rings (SSSR count). The molecule has 92 heavy (non-hydrogen) atoms. The van der Waals surface area contributed by atoms with Crippen molar-refractivity contribution in [3.8, 4) is 124 Å². The number of benzene rings is 10. The summed E-state index contributed by atoms with van der Waals surface area (Å²) in [5.41, 5.74) is 25.0. The quantitative estimate of drug-likeness (QED) is 0.143. The van der Waals surface area contributed by atoms with E-state index in [0.717, 1.165) is 68.2 Å². The predicted molar refractivity (Wildman–Crippen MR) is 369 cm³/mol. The Morgan fingerprint density at radius 2 is 0.543 bits per heavy atom. The van der Waals surface area contributed by atoms with Crippen molar-refractivity contribution >= 4 is 0 Å². The molecular formula is C86H68N6. The number of aromatic nitrogens is 6. The summed E-state index contributed by atoms with van der Waals surface area (Å²) in [6.45, 7) is 0. The molecule has 0 amide bonds. The van der Waals surface area contributed by atoms with Gasteiger partial charge in [-0.25, -0.2) is 29.9 Å². The Hall–Kier alpha value is -9.78. The van der Waals surface area contributed by atoms with Gasteiger partial charge in [0.1, 0.15) is 0 Å². The third kappa shape index (κ3) is 7.91. The van der Waals surface area contributed by atoms with Crippen LogP contribution in [0.2, 0.25) is 0 Å². The normalized spacial score (nSPS) is 25.3. The fourth-order valence-electron chi connectivity index (χ4n) is 20.9. The molecule has 10 aliphatic rings. The standard InChI is InChI=1S/C86H68N6/c1-3-16-56(17-4-1)79-87-81(91-83(88-79)63-24-12-21-60(49-63)69-28-15-33-76-77(69)73-27-8-10-32-75(73)85(76)65-40-51-38-52(42-65)43-66(85)41-51)58-36-34-55(35-37-58)59-20-11-23-62(48-59)82-89-80(57-18-5-2-6-19-57)90-84(92-82)64-25-13-22-61(50-64)70-29-14-30-72-71-26-7-9-31-74(71)86(78(70)72)67-44-53-39-54(46-67)47-68(86)45-53/h1-37,48-54,65-68H,38-47H2. The summed E-state index contributed by atoms with van der Waals surface area (Å²) in [7, 11) is 0. The first kappa shape index (κ1) is 52.9. The average molecular weight is 1190 g/mol. The number of fused-ring (bicyclic) bond motifs is 6. The van der Waals surface area contributed by atoms with Gasteiger partial charge in [-0.1, -0.05) is 224 Å². The Kier molecular flexibility index (Phi) is 11.7. The molecule has 6 heteroatoms. The maximum Gasteiger partial charge on any atom is 0.164 e. The van der Waals surface area contributed by atoms with E-state index in [1.165, 1.54) is 109 Å². The Balaban J connectivity index is 0.642. The van der Waals surface area contributed by atoms with Crippen molar-refractivity contribution < 1.29 is 0 Å². The van der Waals surface area contributed by atoms with Crippen LogP contribution >= 0.6 is 0 Å². The van der Waals surface area contributed by atoms with Gasteiger partial charge >= 0.3 is 0 Å². The van der Waals surface area contributed by atoms with Crippen LogP contribution in [0.25, 0.3) is 124 Å². The molecule has 2 spiro atoms. The number of nitrogens with zero attached hydrogens (tertiary/aromatic N) is 6. The maximum absolute atomic E-state index is 5.37. The fourth-order valence-corrected chi connectivity index (χ4v) is 20.9. The van der Waals surface area contributed by atoms with E-state index < -0.39 is 0 Å². The zero-order valence-electron chi connectivity index (χ0n) is 51.5. The van der Waals surface area contributed by atoms with Gasteiger partial charge in [-0.15, -0.1) is 0 Å². The summed E-state index contributed by atoms with van der Waals surface area (Å²) in [4.78, 5) is 31.6. The maximum atomic E-state index is 5.37. The molecule has 0 aliphatic heterocycles. The lowest BCUT2D eigenvalue weighted by molar-refractivity contribution is -0.0399. The highest BCUT2D eigenvalue weighted by Gasteiger charge is 2.63. The van der Waals surface area contributed by atoms with Crippen LogP contribution in [0.15, 0.2) is 243 Å². The van der Waals surface area contributed by atoms with E-state index >= 15 is 0 Å². The summed E-state index contributed by atoms with van der Waals surface area (Å²) < 4.78 is 0. The van der Waals surface area contributed by atoms with E-state index in [-0.39, 0.29) is 10.8 Å². The second-order valence-electron chi connectivity index (χ2n) is 28.6. The lowest BCUT2D eigenvalue weighted by atomic mass is 9.42. The highest BCUT2D eigenvalue weighted by molar-refractivity contribution is 5.94. The van der Waals surface area contributed by atoms with Crippen LogP contribution in [-0.2, 0) is 10.8 Å². The van der Waals surface area contributed by atoms with Crippen LogP contribution in [-0.4, -0.2) is 29.9 Å². The van der Waals surface area contributed by atoms with Gasteiger partial charge in [-0.3, -0.25) is 0 Å². The molecule has 8 fully saturated rings. The van der Waals surface area contributed by atoms with E-state index in [0.29, 0.717) is 58.6 Å². The third-order valence-corrected chi connectivity index (χ3v) is 23.9. The topological polar surface area (TPSA) is 77.3 Å². The van der Waals surface area contributed by atoms with E-state index in [4.69, 9.17) is 29.9 Å². The summed E-state index contributed by atoms with van der Waals surface area (Å²) in [5.74, 6) is 10.2. The van der Waals surface area contributed by atoms with Crippen molar-refractivity contribution in [3.05, 3.63) is 265 Å². The fraction of sp³-hybridized carbons (Fsp3) is 0.233. The van der Waals surface area contributed by atoms with Crippen molar-refractivity contribution in [2.45, 2.75) is 75.0 Å². The molecule has 12 aromatic rings. The van der Waals surface area contributed by atoms with Crippen LogP contribution in [0, 0.1) is 47.3 Å². The molecule has 0 saturated heterocycles. The van der Waals surface area contributed by atoms with Crippen molar-refractivity contribution in [2.75, 3.05) is 0 Å². The molecule has 0 unspecified atom stereocenters. The average Bonchev–Trinajstić information content (AvgIpc) is 1.47. The molecule has 0 atom stereocenters. The second-order valence-corrected chi connectivity index (χ2v) is 28.6. The van der Waals surface area contributed by atoms with Crippen molar-refractivity contribution in [2.24, 2.45) is 47.3 Å². The first-order valence-corrected chi connectivity index (χ1v) is 34.0. The zero-order chi connectivity index (χ0) is 60.2. The molecule has 8 saturated carbocycles. The Morgan fingerprint density at radius 3 is 1.08 bits per heavy atom. The van der Waals surface area contributed by atoms with Gasteiger partial charge in [0.25, 0.3) is 0 Å². The van der Waals surface area contributed by atoms with Gasteiger partial charge in [-0.2, -0.15) is 0 Å². The van der Waals surface area contributed by atoms with Crippen molar-refractivity contribution in [3.63, 3.8) is 0 Å². The first-order valence-electron chi connectivity index (χ1n) is 34.0. The molecule has 10 aromatic carbocycles. The molecule has 442 valence electrons. The van der Waals surface area contributed by atoms with Crippen LogP contribution < -0.4 is 0 Å². The smallest absolute Gasteiger partial charge is 0.164 e.